The fourth-order valence-corrected chi connectivity index (χ4v) is 2.72. The lowest BCUT2D eigenvalue weighted by molar-refractivity contribution is -0.152. The summed E-state index contributed by atoms with van der Waals surface area (Å²) >= 11 is 0. The Hall–Kier alpha value is -4.91. The van der Waals surface area contributed by atoms with Crippen molar-refractivity contribution in [2.24, 2.45) is 0 Å². The molecule has 0 atom stereocenters. The quantitative estimate of drug-likeness (QED) is 0.233. The zero-order valence-electron chi connectivity index (χ0n) is 17.8. The Morgan fingerprint density at radius 2 is 1.26 bits per heavy atom. The van der Waals surface area contributed by atoms with E-state index in [-0.39, 0.29) is 17.2 Å². The number of carbonyl (C=O) groups excluding carboxylic acids is 3. The molecule has 170 valence electrons. The number of rotatable bonds is 7. The van der Waals surface area contributed by atoms with Crippen LogP contribution in [0.5, 0.6) is 17.2 Å². The van der Waals surface area contributed by atoms with Crippen molar-refractivity contribution < 1.29 is 34.1 Å². The van der Waals surface area contributed by atoms with Crippen LogP contribution in [-0.4, -0.2) is 28.1 Å². The smallest absolute Gasteiger partial charge is 0.338 e. The number of phenolic OH excluding ortho intramolecular Hbond substituents is 2. The predicted molar refractivity (Wildman–Crippen MR) is 126 cm³/mol. The Labute approximate surface area is 195 Å². The number of aromatic hydroxyl groups is 2. The first-order valence-electron chi connectivity index (χ1n) is 10.1. The van der Waals surface area contributed by atoms with Crippen molar-refractivity contribution in [3.8, 4) is 17.2 Å². The third-order valence-corrected chi connectivity index (χ3v) is 4.32. The molecule has 0 aliphatic heterocycles. The molecule has 0 bridgehead atoms. The third kappa shape index (κ3) is 7.65. The minimum Gasteiger partial charge on any atom is -0.508 e. The highest BCUT2D eigenvalue weighted by atomic mass is 16.6. The summed E-state index contributed by atoms with van der Waals surface area (Å²) in [4.78, 5) is 36.0. The lowest BCUT2D eigenvalue weighted by atomic mass is 10.2. The molecule has 0 radical (unpaired) electrons. The molecule has 0 aromatic heterocycles. The Kier molecular flexibility index (Phi) is 8.13. The van der Waals surface area contributed by atoms with Crippen molar-refractivity contribution in [2.75, 3.05) is 0 Å². The number of hydrogen-bond acceptors (Lipinski definition) is 7. The van der Waals surface area contributed by atoms with Crippen LogP contribution < -0.4 is 4.74 Å². The van der Waals surface area contributed by atoms with Gasteiger partial charge in [-0.3, -0.25) is 0 Å². The average molecular weight is 456 g/mol. The maximum Gasteiger partial charge on any atom is 0.338 e. The molecule has 0 saturated heterocycles. The molecule has 2 N–H and O–H groups in total. The number of phenols is 2. The first-order valence-corrected chi connectivity index (χ1v) is 10.1. The van der Waals surface area contributed by atoms with E-state index in [1.807, 2.05) is 0 Å². The van der Waals surface area contributed by atoms with Crippen LogP contribution in [0.25, 0.3) is 18.2 Å². The van der Waals surface area contributed by atoms with Crippen LogP contribution >= 0.6 is 0 Å². The first kappa shape index (κ1) is 23.7. The van der Waals surface area contributed by atoms with Gasteiger partial charge in [-0.2, -0.15) is 0 Å². The molecular formula is C27H20O7. The van der Waals surface area contributed by atoms with Gasteiger partial charge < -0.3 is 19.7 Å². The van der Waals surface area contributed by atoms with Crippen LogP contribution in [0.3, 0.4) is 0 Å². The molecule has 0 amide bonds. The van der Waals surface area contributed by atoms with E-state index < -0.39 is 17.9 Å². The van der Waals surface area contributed by atoms with Crippen molar-refractivity contribution in [3.63, 3.8) is 0 Å². The van der Waals surface area contributed by atoms with Crippen LogP contribution in [0.4, 0.5) is 0 Å². The van der Waals surface area contributed by atoms with Crippen molar-refractivity contribution in [2.45, 2.75) is 0 Å². The zero-order chi connectivity index (χ0) is 24.3. The van der Waals surface area contributed by atoms with Crippen LogP contribution in [0, 0.1) is 0 Å². The molecule has 0 saturated carbocycles. The molecule has 0 unspecified atom stereocenters. The second-order valence-corrected chi connectivity index (χ2v) is 6.89. The third-order valence-electron chi connectivity index (χ3n) is 4.32. The summed E-state index contributed by atoms with van der Waals surface area (Å²) < 4.78 is 10.0. The van der Waals surface area contributed by atoms with Gasteiger partial charge in [-0.25, -0.2) is 14.4 Å². The van der Waals surface area contributed by atoms with Gasteiger partial charge >= 0.3 is 17.9 Å². The highest BCUT2D eigenvalue weighted by molar-refractivity contribution is 6.00. The van der Waals surface area contributed by atoms with Gasteiger partial charge in [0.15, 0.2) is 0 Å². The maximum absolute atomic E-state index is 12.2. The van der Waals surface area contributed by atoms with Crippen molar-refractivity contribution in [1.82, 2.24) is 0 Å². The molecule has 0 aliphatic carbocycles. The molecular weight excluding hydrogens is 436 g/mol. The van der Waals surface area contributed by atoms with E-state index in [2.05, 4.69) is 0 Å². The number of hydrogen-bond donors (Lipinski definition) is 2. The largest absolute Gasteiger partial charge is 0.508 e. The van der Waals surface area contributed by atoms with Gasteiger partial charge in [-0.05, 0) is 59.7 Å². The average Bonchev–Trinajstić information content (AvgIpc) is 2.82. The summed E-state index contributed by atoms with van der Waals surface area (Å²) in [5, 5.41) is 18.7. The Balaban J connectivity index is 1.58. The van der Waals surface area contributed by atoms with Crippen LogP contribution in [0.1, 0.15) is 16.7 Å². The molecule has 3 aromatic rings. The molecule has 3 aromatic carbocycles. The standard InChI is InChI=1S/C27H20O7/c28-22-13-8-19(9-14-22)10-15-25(30)33-24-7-2-1-5-21(24)12-17-27(32)34-26(31)16-11-20-4-3-6-23(29)18-20/h1-18,28-29H. The Morgan fingerprint density at radius 1 is 0.618 bits per heavy atom. The van der Waals surface area contributed by atoms with E-state index in [9.17, 15) is 24.6 Å². The molecule has 3 rings (SSSR count). The minimum absolute atomic E-state index is 0.0461. The van der Waals surface area contributed by atoms with Crippen molar-refractivity contribution in [3.05, 3.63) is 108 Å². The summed E-state index contributed by atoms with van der Waals surface area (Å²) in [7, 11) is 0. The van der Waals surface area contributed by atoms with Gasteiger partial charge in [0.1, 0.15) is 17.2 Å². The van der Waals surface area contributed by atoms with E-state index in [4.69, 9.17) is 9.47 Å². The molecule has 0 fully saturated rings. The summed E-state index contributed by atoms with van der Waals surface area (Å²) in [5.74, 6) is -2.04. The number of benzene rings is 3. The van der Waals surface area contributed by atoms with Gasteiger partial charge in [-0.1, -0.05) is 42.5 Å². The van der Waals surface area contributed by atoms with E-state index >= 15 is 0 Å². The number of para-hydroxylation sites is 1. The highest BCUT2D eigenvalue weighted by Gasteiger charge is 2.07. The first-order chi connectivity index (χ1) is 16.4. The number of esters is 3. The van der Waals surface area contributed by atoms with E-state index in [1.54, 1.807) is 48.5 Å². The lowest BCUT2D eigenvalue weighted by Gasteiger charge is -2.05. The molecule has 0 heterocycles. The molecule has 0 aliphatic rings. The van der Waals surface area contributed by atoms with Crippen LogP contribution in [0.2, 0.25) is 0 Å². The fraction of sp³-hybridized carbons (Fsp3) is 0. The van der Waals surface area contributed by atoms with Gasteiger partial charge in [0.05, 0.1) is 0 Å². The molecule has 34 heavy (non-hydrogen) atoms. The van der Waals surface area contributed by atoms with E-state index in [0.29, 0.717) is 16.7 Å². The topological polar surface area (TPSA) is 110 Å². The summed E-state index contributed by atoms with van der Waals surface area (Å²) in [6.07, 6.45) is 7.64. The maximum atomic E-state index is 12.2. The number of carbonyl (C=O) groups is 3. The van der Waals surface area contributed by atoms with E-state index in [1.165, 1.54) is 48.6 Å². The minimum atomic E-state index is -0.904. The predicted octanol–water partition coefficient (Wildman–Crippen LogP) is 4.51. The lowest BCUT2D eigenvalue weighted by Crippen LogP contribution is -2.07. The number of ether oxygens (including phenoxy) is 2. The van der Waals surface area contributed by atoms with Gasteiger partial charge in [-0.15, -0.1) is 0 Å². The summed E-state index contributed by atoms with van der Waals surface area (Å²) in [5.41, 5.74) is 1.69. The molecule has 0 spiro atoms. The monoisotopic (exact) mass is 456 g/mol. The summed E-state index contributed by atoms with van der Waals surface area (Å²) in [6.45, 7) is 0. The SMILES string of the molecule is O=C(C=Cc1cccc(O)c1)OC(=O)C=Cc1ccccc1OC(=O)C=Cc1ccc(O)cc1. The zero-order valence-corrected chi connectivity index (χ0v) is 17.8. The Bertz CT molecular complexity index is 1270. The van der Waals surface area contributed by atoms with Crippen molar-refractivity contribution in [1.29, 1.82) is 0 Å². The van der Waals surface area contributed by atoms with Gasteiger partial charge in [0, 0.05) is 23.8 Å². The van der Waals surface area contributed by atoms with E-state index in [0.717, 1.165) is 12.2 Å². The highest BCUT2D eigenvalue weighted by Crippen LogP contribution is 2.20. The van der Waals surface area contributed by atoms with Crippen molar-refractivity contribution >= 4 is 36.1 Å². The summed E-state index contributed by atoms with van der Waals surface area (Å²) in [6, 6.07) is 19.0. The molecule has 7 heteroatoms. The van der Waals surface area contributed by atoms with Crippen LogP contribution in [-0.2, 0) is 19.1 Å². The second kappa shape index (κ2) is 11.6. The van der Waals surface area contributed by atoms with Crippen LogP contribution in [0.15, 0.2) is 91.0 Å². The van der Waals surface area contributed by atoms with Gasteiger partial charge in [0.25, 0.3) is 0 Å². The molecule has 7 nitrogen and oxygen atoms in total. The second-order valence-electron chi connectivity index (χ2n) is 6.89. The Morgan fingerprint density at radius 3 is 2.00 bits per heavy atom. The normalized spacial score (nSPS) is 11.2. The van der Waals surface area contributed by atoms with Gasteiger partial charge in [0.2, 0.25) is 0 Å². The fourth-order valence-electron chi connectivity index (χ4n) is 2.72.